The summed E-state index contributed by atoms with van der Waals surface area (Å²) in [5, 5.41) is 12.5. The fourth-order valence-electron chi connectivity index (χ4n) is 2.75. The third-order valence-corrected chi connectivity index (χ3v) is 4.08. The van der Waals surface area contributed by atoms with Gasteiger partial charge in [-0.25, -0.2) is 0 Å². The standard InChI is InChI=1S/C16H25NO3/c1-11(3-9-15-10-4-12(2)20-15)17-16(19)13-5-7-14(18)8-6-13/h4,10-11,13-14,18H,3,5-9H2,1-2H3,(H,17,19). The Morgan fingerprint density at radius 2 is 2.10 bits per heavy atom. The van der Waals surface area contributed by atoms with Crippen LogP contribution in [0.25, 0.3) is 0 Å². The molecule has 1 aromatic rings. The molecule has 0 aliphatic heterocycles. The molecule has 1 aromatic heterocycles. The average molecular weight is 279 g/mol. The van der Waals surface area contributed by atoms with Crippen molar-refractivity contribution < 1.29 is 14.3 Å². The Hall–Kier alpha value is -1.29. The number of nitrogens with one attached hydrogen (secondary N) is 1. The van der Waals surface area contributed by atoms with E-state index in [2.05, 4.69) is 5.32 Å². The zero-order valence-corrected chi connectivity index (χ0v) is 12.4. The minimum absolute atomic E-state index is 0.0757. The first-order valence-electron chi connectivity index (χ1n) is 7.58. The van der Waals surface area contributed by atoms with Crippen LogP contribution in [0.4, 0.5) is 0 Å². The van der Waals surface area contributed by atoms with Crippen LogP contribution in [0, 0.1) is 12.8 Å². The number of aryl methyl sites for hydroxylation is 2. The van der Waals surface area contributed by atoms with Crippen LogP contribution in [0.5, 0.6) is 0 Å². The van der Waals surface area contributed by atoms with Crippen LogP contribution in [0.2, 0.25) is 0 Å². The first-order chi connectivity index (χ1) is 9.54. The van der Waals surface area contributed by atoms with Crippen LogP contribution in [0.1, 0.15) is 50.5 Å². The van der Waals surface area contributed by atoms with E-state index in [9.17, 15) is 9.90 Å². The van der Waals surface area contributed by atoms with Gasteiger partial charge < -0.3 is 14.8 Å². The van der Waals surface area contributed by atoms with E-state index >= 15 is 0 Å². The molecule has 2 N–H and O–H groups in total. The zero-order chi connectivity index (χ0) is 14.5. The van der Waals surface area contributed by atoms with Gasteiger partial charge in [0.15, 0.2) is 0 Å². The van der Waals surface area contributed by atoms with Crippen molar-refractivity contribution in [2.24, 2.45) is 5.92 Å². The second-order valence-electron chi connectivity index (χ2n) is 5.97. The number of hydrogen-bond donors (Lipinski definition) is 2. The molecular formula is C16H25NO3. The van der Waals surface area contributed by atoms with E-state index < -0.39 is 0 Å². The van der Waals surface area contributed by atoms with E-state index in [-0.39, 0.29) is 24.0 Å². The molecule has 1 unspecified atom stereocenters. The van der Waals surface area contributed by atoms with Crippen LogP contribution < -0.4 is 5.32 Å². The second-order valence-corrected chi connectivity index (χ2v) is 5.97. The van der Waals surface area contributed by atoms with E-state index in [0.29, 0.717) is 0 Å². The number of furan rings is 1. The third-order valence-electron chi connectivity index (χ3n) is 4.08. The Kier molecular flexibility index (Phi) is 5.24. The Labute approximate surface area is 120 Å². The highest BCUT2D eigenvalue weighted by atomic mass is 16.3. The molecule has 0 saturated heterocycles. The molecule has 1 amide bonds. The maximum Gasteiger partial charge on any atom is 0.223 e. The number of amides is 1. The molecule has 0 spiro atoms. The molecule has 1 atom stereocenters. The number of aliphatic hydroxyl groups is 1. The Morgan fingerprint density at radius 1 is 1.40 bits per heavy atom. The zero-order valence-electron chi connectivity index (χ0n) is 12.4. The van der Waals surface area contributed by atoms with E-state index in [1.807, 2.05) is 26.0 Å². The van der Waals surface area contributed by atoms with Gasteiger partial charge in [-0.05, 0) is 58.1 Å². The van der Waals surface area contributed by atoms with Crippen molar-refractivity contribution in [3.8, 4) is 0 Å². The molecule has 1 aliphatic carbocycles. The lowest BCUT2D eigenvalue weighted by Gasteiger charge is -2.26. The van der Waals surface area contributed by atoms with Crippen molar-refractivity contribution in [1.29, 1.82) is 0 Å². The molecule has 20 heavy (non-hydrogen) atoms. The molecule has 1 heterocycles. The summed E-state index contributed by atoms with van der Waals surface area (Å²) in [6, 6.07) is 4.11. The third kappa shape index (κ3) is 4.37. The lowest BCUT2D eigenvalue weighted by Crippen LogP contribution is -2.39. The van der Waals surface area contributed by atoms with Gasteiger partial charge in [-0.15, -0.1) is 0 Å². The highest BCUT2D eigenvalue weighted by molar-refractivity contribution is 5.78. The smallest absolute Gasteiger partial charge is 0.223 e. The summed E-state index contributed by atoms with van der Waals surface area (Å²) in [5.41, 5.74) is 0. The molecule has 1 aliphatic rings. The fraction of sp³-hybridized carbons (Fsp3) is 0.688. The molecule has 1 saturated carbocycles. The Balaban J connectivity index is 1.71. The summed E-state index contributed by atoms with van der Waals surface area (Å²) in [5.74, 6) is 2.12. The second kappa shape index (κ2) is 6.93. The topological polar surface area (TPSA) is 62.5 Å². The minimum atomic E-state index is -0.210. The highest BCUT2D eigenvalue weighted by Crippen LogP contribution is 2.24. The summed E-state index contributed by atoms with van der Waals surface area (Å²) in [7, 11) is 0. The number of rotatable bonds is 5. The van der Waals surface area contributed by atoms with Gasteiger partial charge in [-0.3, -0.25) is 4.79 Å². The fourth-order valence-corrected chi connectivity index (χ4v) is 2.75. The largest absolute Gasteiger partial charge is 0.466 e. The average Bonchev–Trinajstić information content (AvgIpc) is 2.83. The van der Waals surface area contributed by atoms with Crippen molar-refractivity contribution in [2.75, 3.05) is 0 Å². The summed E-state index contributed by atoms with van der Waals surface area (Å²) in [4.78, 5) is 12.1. The number of carbonyl (C=O) groups is 1. The van der Waals surface area contributed by atoms with Gasteiger partial charge in [-0.2, -0.15) is 0 Å². The predicted octanol–water partition coefficient (Wildman–Crippen LogP) is 2.58. The number of aliphatic hydroxyl groups excluding tert-OH is 1. The molecule has 0 bridgehead atoms. The lowest BCUT2D eigenvalue weighted by molar-refractivity contribution is -0.127. The SMILES string of the molecule is Cc1ccc(CCC(C)NC(=O)C2CCC(O)CC2)o1. The van der Waals surface area contributed by atoms with Gasteiger partial charge in [-0.1, -0.05) is 0 Å². The number of carbonyl (C=O) groups excluding carboxylic acids is 1. The van der Waals surface area contributed by atoms with E-state index in [1.165, 1.54) is 0 Å². The quantitative estimate of drug-likeness (QED) is 0.870. The Morgan fingerprint density at radius 3 is 2.70 bits per heavy atom. The van der Waals surface area contributed by atoms with Gasteiger partial charge in [0.1, 0.15) is 11.5 Å². The molecule has 4 nitrogen and oxygen atoms in total. The van der Waals surface area contributed by atoms with Crippen molar-refractivity contribution in [1.82, 2.24) is 5.32 Å². The normalized spacial score (nSPS) is 24.4. The van der Waals surface area contributed by atoms with Crippen molar-refractivity contribution in [3.05, 3.63) is 23.7 Å². The molecular weight excluding hydrogens is 254 g/mol. The molecule has 2 rings (SSSR count). The summed E-state index contributed by atoms with van der Waals surface area (Å²) >= 11 is 0. The van der Waals surface area contributed by atoms with Gasteiger partial charge in [0.2, 0.25) is 5.91 Å². The van der Waals surface area contributed by atoms with E-state index in [4.69, 9.17) is 4.42 Å². The van der Waals surface area contributed by atoms with Crippen LogP contribution in [0.15, 0.2) is 16.5 Å². The van der Waals surface area contributed by atoms with Gasteiger partial charge >= 0.3 is 0 Å². The molecule has 4 heteroatoms. The minimum Gasteiger partial charge on any atom is -0.466 e. The van der Waals surface area contributed by atoms with Crippen LogP contribution in [-0.4, -0.2) is 23.2 Å². The summed E-state index contributed by atoms with van der Waals surface area (Å²) in [6.07, 6.45) is 4.62. The molecule has 0 aromatic carbocycles. The van der Waals surface area contributed by atoms with Gasteiger partial charge in [0.25, 0.3) is 0 Å². The van der Waals surface area contributed by atoms with Crippen molar-refractivity contribution in [2.45, 2.75) is 64.5 Å². The maximum absolute atomic E-state index is 12.1. The monoisotopic (exact) mass is 279 g/mol. The van der Waals surface area contributed by atoms with Gasteiger partial charge in [0.05, 0.1) is 6.10 Å². The summed E-state index contributed by atoms with van der Waals surface area (Å²) in [6.45, 7) is 3.97. The highest BCUT2D eigenvalue weighted by Gasteiger charge is 2.25. The van der Waals surface area contributed by atoms with Crippen LogP contribution >= 0.6 is 0 Å². The van der Waals surface area contributed by atoms with Crippen molar-refractivity contribution >= 4 is 5.91 Å². The maximum atomic E-state index is 12.1. The summed E-state index contributed by atoms with van der Waals surface area (Å²) < 4.78 is 5.53. The van der Waals surface area contributed by atoms with E-state index in [1.54, 1.807) is 0 Å². The van der Waals surface area contributed by atoms with E-state index in [0.717, 1.165) is 50.0 Å². The number of hydrogen-bond acceptors (Lipinski definition) is 3. The van der Waals surface area contributed by atoms with Gasteiger partial charge in [0, 0.05) is 18.4 Å². The lowest BCUT2D eigenvalue weighted by atomic mass is 9.86. The first kappa shape index (κ1) is 15.1. The predicted molar refractivity (Wildman–Crippen MR) is 77.3 cm³/mol. The first-order valence-corrected chi connectivity index (χ1v) is 7.58. The van der Waals surface area contributed by atoms with Crippen LogP contribution in [0.3, 0.4) is 0 Å². The van der Waals surface area contributed by atoms with Crippen LogP contribution in [-0.2, 0) is 11.2 Å². The molecule has 112 valence electrons. The molecule has 0 radical (unpaired) electrons. The molecule has 1 fully saturated rings. The Bertz CT molecular complexity index is 433. The van der Waals surface area contributed by atoms with Crippen molar-refractivity contribution in [3.63, 3.8) is 0 Å².